The largest absolute Gasteiger partial charge is 0.343 e. The van der Waals surface area contributed by atoms with Gasteiger partial charge in [-0.2, -0.15) is 4.98 Å². The molecule has 0 radical (unpaired) electrons. The van der Waals surface area contributed by atoms with Gasteiger partial charge in [0.15, 0.2) is 5.82 Å². The Morgan fingerprint density at radius 2 is 1.83 bits per heavy atom. The Labute approximate surface area is 138 Å². The van der Waals surface area contributed by atoms with E-state index in [4.69, 9.17) is 4.52 Å². The van der Waals surface area contributed by atoms with E-state index in [0.29, 0.717) is 11.7 Å². The zero-order chi connectivity index (χ0) is 16.4. The van der Waals surface area contributed by atoms with Gasteiger partial charge in [0.2, 0.25) is 11.8 Å². The third-order valence-corrected chi connectivity index (χ3v) is 5.26. The van der Waals surface area contributed by atoms with Crippen molar-refractivity contribution in [2.45, 2.75) is 76.8 Å². The minimum absolute atomic E-state index is 0.133. The lowest BCUT2D eigenvalue weighted by Gasteiger charge is -2.37. The number of likely N-dealkylation sites (tertiary alicyclic amines) is 1. The van der Waals surface area contributed by atoms with Gasteiger partial charge in [-0.05, 0) is 45.7 Å². The van der Waals surface area contributed by atoms with Gasteiger partial charge in [0.25, 0.3) is 0 Å². The monoisotopic (exact) mass is 320 g/mol. The Morgan fingerprint density at radius 1 is 1.17 bits per heavy atom. The second-order valence-electron chi connectivity index (χ2n) is 7.27. The van der Waals surface area contributed by atoms with Crippen molar-refractivity contribution in [1.29, 1.82) is 0 Å². The van der Waals surface area contributed by atoms with Crippen LogP contribution in [0.5, 0.6) is 0 Å². The summed E-state index contributed by atoms with van der Waals surface area (Å²) in [5.74, 6) is 1.54. The van der Waals surface area contributed by atoms with Gasteiger partial charge in [0.1, 0.15) is 11.6 Å². The van der Waals surface area contributed by atoms with Crippen molar-refractivity contribution in [3.63, 3.8) is 0 Å². The van der Waals surface area contributed by atoms with Gasteiger partial charge in [0.05, 0.1) is 0 Å². The summed E-state index contributed by atoms with van der Waals surface area (Å²) in [6.45, 7) is 8.05. The molecule has 1 amide bonds. The predicted molar refractivity (Wildman–Crippen MR) is 87.0 cm³/mol. The maximum Gasteiger partial charge on any atom is 0.248 e. The lowest BCUT2D eigenvalue weighted by atomic mass is 9.93. The summed E-state index contributed by atoms with van der Waals surface area (Å²) in [5, 5.41) is 7.12. The van der Waals surface area contributed by atoms with E-state index in [1.54, 1.807) is 0 Å². The molecule has 1 saturated heterocycles. The number of carbonyl (C=O) groups is 1. The van der Waals surface area contributed by atoms with E-state index in [2.05, 4.69) is 20.4 Å². The second-order valence-corrected chi connectivity index (χ2v) is 7.27. The highest BCUT2D eigenvalue weighted by Gasteiger charge is 2.47. The minimum Gasteiger partial charge on any atom is -0.343 e. The summed E-state index contributed by atoms with van der Waals surface area (Å²) >= 11 is 0. The molecule has 6 nitrogen and oxygen atoms in total. The molecular formula is C17H28N4O2. The van der Waals surface area contributed by atoms with E-state index >= 15 is 0 Å². The molecule has 1 saturated carbocycles. The summed E-state index contributed by atoms with van der Waals surface area (Å²) in [6, 6.07) is -0.248. The van der Waals surface area contributed by atoms with Crippen LogP contribution in [-0.4, -0.2) is 39.6 Å². The van der Waals surface area contributed by atoms with Crippen LogP contribution in [0.15, 0.2) is 4.52 Å². The maximum atomic E-state index is 13.0. The van der Waals surface area contributed by atoms with E-state index < -0.39 is 0 Å². The molecule has 0 aromatic carbocycles. The molecule has 1 aliphatic heterocycles. The first-order valence-electron chi connectivity index (χ1n) is 8.92. The summed E-state index contributed by atoms with van der Waals surface area (Å²) in [6.07, 6.45) is 6.60. The van der Waals surface area contributed by atoms with Crippen LogP contribution in [0.3, 0.4) is 0 Å². The van der Waals surface area contributed by atoms with Gasteiger partial charge in [-0.3, -0.25) is 9.69 Å². The molecule has 1 atom stereocenters. The third-order valence-electron chi connectivity index (χ3n) is 5.26. The van der Waals surface area contributed by atoms with Crippen molar-refractivity contribution in [1.82, 2.24) is 20.4 Å². The summed E-state index contributed by atoms with van der Waals surface area (Å²) in [7, 11) is 0. The molecule has 1 aliphatic carbocycles. The van der Waals surface area contributed by atoms with Gasteiger partial charge in [-0.15, -0.1) is 0 Å². The molecule has 1 N–H and O–H groups in total. The van der Waals surface area contributed by atoms with Gasteiger partial charge in [0, 0.05) is 5.92 Å². The molecule has 1 aromatic heterocycles. The Balaban J connectivity index is 1.70. The molecular weight excluding hydrogens is 292 g/mol. The first-order chi connectivity index (χ1) is 11.0. The van der Waals surface area contributed by atoms with Crippen LogP contribution in [0.2, 0.25) is 0 Å². The van der Waals surface area contributed by atoms with E-state index in [1.165, 1.54) is 12.8 Å². The third kappa shape index (κ3) is 3.13. The van der Waals surface area contributed by atoms with E-state index in [0.717, 1.165) is 38.8 Å². The highest BCUT2D eigenvalue weighted by atomic mass is 16.5. The quantitative estimate of drug-likeness (QED) is 0.903. The molecule has 2 heterocycles. The van der Waals surface area contributed by atoms with Crippen molar-refractivity contribution in [3.8, 4) is 0 Å². The zero-order valence-electron chi connectivity index (χ0n) is 14.5. The lowest BCUT2D eigenvalue weighted by molar-refractivity contribution is -0.133. The normalized spacial score (nSPS) is 22.6. The SMILES string of the molecule is CC(C)c1noc([C@@H](C)NC(=O)C2(N3CCCC3)CCCC2)n1. The van der Waals surface area contributed by atoms with E-state index in [-0.39, 0.29) is 23.4 Å². The van der Waals surface area contributed by atoms with Crippen LogP contribution < -0.4 is 5.32 Å². The fourth-order valence-corrected chi connectivity index (χ4v) is 3.84. The Hall–Kier alpha value is -1.43. The van der Waals surface area contributed by atoms with Crippen molar-refractivity contribution < 1.29 is 9.32 Å². The first kappa shape index (κ1) is 16.4. The molecule has 0 spiro atoms. The molecule has 2 fully saturated rings. The number of nitrogens with one attached hydrogen (secondary N) is 1. The topological polar surface area (TPSA) is 71.3 Å². The Kier molecular flexibility index (Phi) is 4.71. The number of hydrogen-bond donors (Lipinski definition) is 1. The summed E-state index contributed by atoms with van der Waals surface area (Å²) < 4.78 is 5.32. The lowest BCUT2D eigenvalue weighted by Crippen LogP contribution is -2.56. The van der Waals surface area contributed by atoms with Crippen LogP contribution >= 0.6 is 0 Å². The average Bonchev–Trinajstić information content (AvgIpc) is 3.26. The van der Waals surface area contributed by atoms with Crippen molar-refractivity contribution in [2.75, 3.05) is 13.1 Å². The number of hydrogen-bond acceptors (Lipinski definition) is 5. The predicted octanol–water partition coefficient (Wildman–Crippen LogP) is 2.78. The fourth-order valence-electron chi connectivity index (χ4n) is 3.84. The summed E-state index contributed by atoms with van der Waals surface area (Å²) in [4.78, 5) is 19.8. The number of nitrogens with zero attached hydrogens (tertiary/aromatic N) is 3. The Bertz CT molecular complexity index is 543. The van der Waals surface area contributed by atoms with Gasteiger partial charge < -0.3 is 9.84 Å². The van der Waals surface area contributed by atoms with Gasteiger partial charge in [-0.1, -0.05) is 31.8 Å². The van der Waals surface area contributed by atoms with Gasteiger partial charge in [-0.25, -0.2) is 0 Å². The van der Waals surface area contributed by atoms with E-state index in [1.807, 2.05) is 20.8 Å². The van der Waals surface area contributed by atoms with Crippen molar-refractivity contribution in [2.24, 2.45) is 0 Å². The molecule has 128 valence electrons. The summed E-state index contributed by atoms with van der Waals surface area (Å²) in [5.41, 5.74) is -0.314. The zero-order valence-corrected chi connectivity index (χ0v) is 14.5. The van der Waals surface area contributed by atoms with Crippen LogP contribution in [0.4, 0.5) is 0 Å². The second kappa shape index (κ2) is 6.59. The minimum atomic E-state index is -0.314. The number of rotatable bonds is 5. The van der Waals surface area contributed by atoms with E-state index in [9.17, 15) is 4.79 Å². The number of aromatic nitrogens is 2. The smallest absolute Gasteiger partial charge is 0.248 e. The van der Waals surface area contributed by atoms with Crippen molar-refractivity contribution in [3.05, 3.63) is 11.7 Å². The molecule has 3 rings (SSSR count). The van der Waals surface area contributed by atoms with Crippen LogP contribution in [0.1, 0.15) is 83.0 Å². The molecule has 23 heavy (non-hydrogen) atoms. The molecule has 1 aromatic rings. The van der Waals surface area contributed by atoms with Gasteiger partial charge >= 0.3 is 0 Å². The number of amides is 1. The molecule has 0 unspecified atom stereocenters. The molecule has 2 aliphatic rings. The van der Waals surface area contributed by atoms with Crippen LogP contribution in [0, 0.1) is 0 Å². The first-order valence-corrected chi connectivity index (χ1v) is 8.92. The number of carbonyl (C=O) groups excluding carboxylic acids is 1. The van der Waals surface area contributed by atoms with Crippen LogP contribution in [-0.2, 0) is 4.79 Å². The highest BCUT2D eigenvalue weighted by Crippen LogP contribution is 2.38. The Morgan fingerprint density at radius 3 is 2.39 bits per heavy atom. The standard InChI is InChI=1S/C17H28N4O2/c1-12(2)14-19-15(23-20-14)13(3)18-16(22)17(8-4-5-9-17)21-10-6-7-11-21/h12-13H,4-11H2,1-3H3,(H,18,22)/t13-/m1/s1. The average molecular weight is 320 g/mol. The molecule has 6 heteroatoms. The molecule has 0 bridgehead atoms. The highest BCUT2D eigenvalue weighted by molar-refractivity contribution is 5.87. The fraction of sp³-hybridized carbons (Fsp3) is 0.824. The van der Waals surface area contributed by atoms with Crippen LogP contribution in [0.25, 0.3) is 0 Å². The van der Waals surface area contributed by atoms with Crippen molar-refractivity contribution >= 4 is 5.91 Å². The maximum absolute atomic E-state index is 13.0.